The molecule has 2 aliphatic carbocycles. The highest BCUT2D eigenvalue weighted by Crippen LogP contribution is 2.50. The lowest BCUT2D eigenvalue weighted by Crippen LogP contribution is -2.54. The van der Waals surface area contributed by atoms with E-state index in [9.17, 15) is 14.7 Å². The number of aryl methyl sites for hydroxylation is 1. The molecule has 1 heterocycles. The summed E-state index contributed by atoms with van der Waals surface area (Å²) in [5.74, 6) is -1.50. The second-order valence-corrected chi connectivity index (χ2v) is 9.91. The molecule has 0 aromatic heterocycles. The molecule has 0 unspecified atom stereocenters. The second-order valence-electron chi connectivity index (χ2n) is 9.47. The van der Waals surface area contributed by atoms with E-state index in [1.54, 1.807) is 6.07 Å². The van der Waals surface area contributed by atoms with Crippen LogP contribution >= 0.6 is 11.6 Å². The van der Waals surface area contributed by atoms with Gasteiger partial charge in [0, 0.05) is 22.8 Å². The highest BCUT2D eigenvalue weighted by Gasteiger charge is 2.49. The number of ether oxygens (including phenoxy) is 1. The second kappa shape index (κ2) is 8.28. The summed E-state index contributed by atoms with van der Waals surface area (Å²) in [6, 6.07) is 18.9. The summed E-state index contributed by atoms with van der Waals surface area (Å²) in [7, 11) is 0. The number of amides is 1. The third-order valence-corrected chi connectivity index (χ3v) is 7.80. The van der Waals surface area contributed by atoms with Gasteiger partial charge in [0.2, 0.25) is 0 Å². The van der Waals surface area contributed by atoms with Crippen molar-refractivity contribution < 1.29 is 19.4 Å². The Balaban J connectivity index is 1.36. The fourth-order valence-electron chi connectivity index (χ4n) is 6.17. The fourth-order valence-corrected chi connectivity index (χ4v) is 6.45. The van der Waals surface area contributed by atoms with Gasteiger partial charge in [-0.25, -0.2) is 9.59 Å². The number of hydrogen-bond donors (Lipinski definition) is 1. The Morgan fingerprint density at radius 2 is 1.69 bits per heavy atom. The van der Waals surface area contributed by atoms with Gasteiger partial charge in [-0.15, -0.1) is 0 Å². The van der Waals surface area contributed by atoms with Crippen molar-refractivity contribution in [1.82, 2.24) is 0 Å². The van der Waals surface area contributed by atoms with Gasteiger partial charge < -0.3 is 9.84 Å². The number of fused-ring (bicyclic) bond motifs is 6. The van der Waals surface area contributed by atoms with E-state index in [1.165, 1.54) is 4.90 Å². The topological polar surface area (TPSA) is 66.8 Å². The molecule has 5 nitrogen and oxygen atoms in total. The molecule has 0 spiro atoms. The van der Waals surface area contributed by atoms with Crippen molar-refractivity contribution in [3.8, 4) is 11.1 Å². The minimum absolute atomic E-state index is 0.0962. The minimum Gasteiger partial charge on any atom is -0.480 e. The first kappa shape index (κ1) is 21.9. The van der Waals surface area contributed by atoms with Crippen LogP contribution < -0.4 is 4.90 Å². The molecule has 35 heavy (non-hydrogen) atoms. The number of carboxylic acid groups (broad SMARTS) is 1. The van der Waals surface area contributed by atoms with Crippen LogP contribution in [0.15, 0.2) is 72.8 Å². The van der Waals surface area contributed by atoms with Crippen molar-refractivity contribution in [3.05, 3.63) is 100 Å². The van der Waals surface area contributed by atoms with Gasteiger partial charge in [-0.05, 0) is 58.9 Å². The normalized spacial score (nSPS) is 21.8. The quantitative estimate of drug-likeness (QED) is 0.428. The van der Waals surface area contributed by atoms with Crippen LogP contribution in [-0.4, -0.2) is 29.8 Å². The molecule has 0 saturated heterocycles. The number of allylic oxidation sites excluding steroid dienone is 2. The van der Waals surface area contributed by atoms with Crippen LogP contribution in [0, 0.1) is 12.8 Å². The van der Waals surface area contributed by atoms with Crippen molar-refractivity contribution >= 4 is 29.4 Å². The van der Waals surface area contributed by atoms with Crippen LogP contribution in [0.3, 0.4) is 0 Å². The molecule has 0 saturated carbocycles. The van der Waals surface area contributed by atoms with E-state index in [0.29, 0.717) is 17.1 Å². The maximum atomic E-state index is 13.7. The molecule has 3 aliphatic rings. The Hall–Kier alpha value is -3.57. The molecule has 3 atom stereocenters. The number of rotatable bonds is 3. The van der Waals surface area contributed by atoms with Crippen molar-refractivity contribution in [3.63, 3.8) is 0 Å². The van der Waals surface area contributed by atoms with Gasteiger partial charge in [0.25, 0.3) is 0 Å². The zero-order chi connectivity index (χ0) is 24.3. The molecule has 1 amide bonds. The van der Waals surface area contributed by atoms with Gasteiger partial charge in [-0.1, -0.05) is 72.3 Å². The predicted octanol–water partition coefficient (Wildman–Crippen LogP) is 6.53. The Kier molecular flexibility index (Phi) is 5.19. The SMILES string of the molecule is Cc1cc(Cl)cc2c1N(C(=O)OCC1c3ccccc3-c3ccccc31)[C@@H](C(=O)O)[C@H]1CC=C[C@@H]21. The molecule has 1 N–H and O–H groups in total. The maximum Gasteiger partial charge on any atom is 0.415 e. The van der Waals surface area contributed by atoms with Crippen molar-refractivity contribution in [2.75, 3.05) is 11.5 Å². The standard InChI is InChI=1S/C29H24ClNO4/c1-16-13-17(30)14-24-22-11-6-12-23(22)27(28(32)33)31(26(16)24)29(34)35-15-25-20-9-4-2-7-18(20)19-8-3-5-10-21(19)25/h2-11,13-14,22-23,25,27H,12,15H2,1H3,(H,32,33)/t22-,23+,27-/m1/s1. The number of carbonyl (C=O) groups is 2. The molecular formula is C29H24ClNO4. The summed E-state index contributed by atoms with van der Waals surface area (Å²) in [6.07, 6.45) is 3.97. The van der Waals surface area contributed by atoms with Gasteiger partial charge in [0.1, 0.15) is 12.6 Å². The smallest absolute Gasteiger partial charge is 0.415 e. The predicted molar refractivity (Wildman–Crippen MR) is 135 cm³/mol. The molecule has 6 rings (SSSR count). The molecule has 3 aromatic rings. The van der Waals surface area contributed by atoms with Crippen LogP contribution in [-0.2, 0) is 9.53 Å². The number of hydrogen-bond acceptors (Lipinski definition) is 3. The molecule has 0 radical (unpaired) electrons. The monoisotopic (exact) mass is 485 g/mol. The largest absolute Gasteiger partial charge is 0.480 e. The first-order valence-corrected chi connectivity index (χ1v) is 12.2. The minimum atomic E-state index is -1.03. The van der Waals surface area contributed by atoms with Gasteiger partial charge in [0.15, 0.2) is 0 Å². The lowest BCUT2D eigenvalue weighted by Gasteiger charge is -2.42. The molecule has 0 fully saturated rings. The molecule has 1 aliphatic heterocycles. The zero-order valence-corrected chi connectivity index (χ0v) is 19.9. The third kappa shape index (κ3) is 3.37. The van der Waals surface area contributed by atoms with E-state index >= 15 is 0 Å². The number of aliphatic carboxylic acids is 1. The van der Waals surface area contributed by atoms with Crippen LogP contribution in [0.2, 0.25) is 5.02 Å². The summed E-state index contributed by atoms with van der Waals surface area (Å²) in [5, 5.41) is 10.8. The van der Waals surface area contributed by atoms with E-state index in [2.05, 4.69) is 24.3 Å². The van der Waals surface area contributed by atoms with Gasteiger partial charge in [0.05, 0.1) is 5.69 Å². The number of anilines is 1. The van der Waals surface area contributed by atoms with Crippen LogP contribution in [0.1, 0.15) is 40.5 Å². The van der Waals surface area contributed by atoms with E-state index in [1.807, 2.05) is 49.4 Å². The van der Waals surface area contributed by atoms with Crippen LogP contribution in [0.4, 0.5) is 10.5 Å². The summed E-state index contributed by atoms with van der Waals surface area (Å²) in [5.41, 5.74) is 6.72. The lowest BCUT2D eigenvalue weighted by atomic mass is 9.77. The van der Waals surface area contributed by atoms with Crippen LogP contribution in [0.25, 0.3) is 11.1 Å². The average molecular weight is 486 g/mol. The Bertz CT molecular complexity index is 1350. The Labute approximate surface area is 208 Å². The molecule has 6 heteroatoms. The van der Waals surface area contributed by atoms with Gasteiger partial charge in [-0.2, -0.15) is 0 Å². The van der Waals surface area contributed by atoms with E-state index in [4.69, 9.17) is 16.3 Å². The van der Waals surface area contributed by atoms with Gasteiger partial charge in [-0.3, -0.25) is 4.90 Å². The van der Waals surface area contributed by atoms with Crippen LogP contribution in [0.5, 0.6) is 0 Å². The molecule has 0 bridgehead atoms. The molecular weight excluding hydrogens is 462 g/mol. The van der Waals surface area contributed by atoms with E-state index in [-0.39, 0.29) is 24.4 Å². The summed E-state index contributed by atoms with van der Waals surface area (Å²) in [6.45, 7) is 1.98. The highest BCUT2D eigenvalue weighted by molar-refractivity contribution is 6.31. The van der Waals surface area contributed by atoms with Crippen molar-refractivity contribution in [1.29, 1.82) is 0 Å². The summed E-state index contributed by atoms with van der Waals surface area (Å²) < 4.78 is 5.92. The van der Waals surface area contributed by atoms with E-state index < -0.39 is 18.1 Å². The Morgan fingerprint density at radius 1 is 1.03 bits per heavy atom. The number of benzene rings is 3. The number of carboxylic acids is 1. The fraction of sp³-hybridized carbons (Fsp3) is 0.241. The highest BCUT2D eigenvalue weighted by atomic mass is 35.5. The summed E-state index contributed by atoms with van der Waals surface area (Å²) in [4.78, 5) is 27.5. The third-order valence-electron chi connectivity index (χ3n) is 7.58. The number of halogens is 1. The summed E-state index contributed by atoms with van der Waals surface area (Å²) >= 11 is 6.37. The average Bonchev–Trinajstić information content (AvgIpc) is 3.45. The zero-order valence-electron chi connectivity index (χ0n) is 19.1. The van der Waals surface area contributed by atoms with Gasteiger partial charge >= 0.3 is 12.1 Å². The molecule has 176 valence electrons. The first-order valence-electron chi connectivity index (χ1n) is 11.8. The molecule has 3 aromatic carbocycles. The van der Waals surface area contributed by atoms with Crippen molar-refractivity contribution in [2.24, 2.45) is 5.92 Å². The number of nitrogens with zero attached hydrogens (tertiary/aromatic N) is 1. The van der Waals surface area contributed by atoms with E-state index in [0.717, 1.165) is 33.4 Å². The maximum absolute atomic E-state index is 13.7. The van der Waals surface area contributed by atoms with Crippen molar-refractivity contribution in [2.45, 2.75) is 31.2 Å². The first-order chi connectivity index (χ1) is 17.0. The Morgan fingerprint density at radius 3 is 2.34 bits per heavy atom. The lowest BCUT2D eigenvalue weighted by molar-refractivity contribution is -0.140. The number of carbonyl (C=O) groups excluding carboxylic acids is 1.